The summed E-state index contributed by atoms with van der Waals surface area (Å²) >= 11 is 11.8. The van der Waals surface area contributed by atoms with Crippen molar-refractivity contribution >= 4 is 42.9 Å². The fraction of sp³-hybridized carbons (Fsp3) is 0.250. The predicted octanol–water partition coefficient (Wildman–Crippen LogP) is 3.81. The first-order valence-corrected chi connectivity index (χ1v) is 9.33. The largest absolute Gasteiger partial charge is 0.313 e. The zero-order valence-corrected chi connectivity index (χ0v) is 12.4. The summed E-state index contributed by atoms with van der Waals surface area (Å²) in [5, 5.41) is 3.40. The van der Waals surface area contributed by atoms with Crippen LogP contribution in [-0.2, 0) is 4.79 Å². The van der Waals surface area contributed by atoms with E-state index >= 15 is 0 Å². The van der Waals surface area contributed by atoms with E-state index in [1.807, 2.05) is 0 Å². The lowest BCUT2D eigenvalue weighted by Gasteiger charge is -2.06. The van der Waals surface area contributed by atoms with Crippen molar-refractivity contribution in [2.75, 3.05) is 5.32 Å². The molecule has 1 N–H and O–H groups in total. The number of amides is 1. The lowest BCUT2D eigenvalue weighted by molar-refractivity contribution is -0.111. The average molecular weight is 286 g/mol. The van der Waals surface area contributed by atoms with Crippen molar-refractivity contribution in [2.45, 2.75) is 19.6 Å². The summed E-state index contributed by atoms with van der Waals surface area (Å²) in [5.41, 5.74) is 3.38. The molecule has 0 saturated heterocycles. The van der Waals surface area contributed by atoms with Crippen molar-refractivity contribution in [3.05, 3.63) is 28.2 Å². The highest BCUT2D eigenvalue weighted by Crippen LogP contribution is 2.29. The second kappa shape index (κ2) is 5.59. The van der Waals surface area contributed by atoms with Gasteiger partial charge >= 0.3 is 0 Å². The maximum Gasteiger partial charge on any atom is 0.299 e. The molecule has 0 heterocycles. The highest BCUT2D eigenvalue weighted by Gasteiger charge is 2.10. The van der Waals surface area contributed by atoms with E-state index < -0.39 is 8.07 Å². The molecule has 0 unspecified atom stereocenters. The summed E-state index contributed by atoms with van der Waals surface area (Å²) in [5.74, 6) is 2.18. The Morgan fingerprint density at radius 3 is 2.24 bits per heavy atom. The van der Waals surface area contributed by atoms with Gasteiger partial charge in [-0.1, -0.05) is 48.9 Å². The van der Waals surface area contributed by atoms with Crippen molar-refractivity contribution in [1.82, 2.24) is 0 Å². The number of anilines is 1. The molecule has 0 aliphatic rings. The highest BCUT2D eigenvalue weighted by molar-refractivity contribution is 6.84. The van der Waals surface area contributed by atoms with E-state index in [0.29, 0.717) is 15.7 Å². The molecule has 0 atom stereocenters. The number of hydrogen-bond donors (Lipinski definition) is 1. The maximum atomic E-state index is 11.6. The Balaban J connectivity index is 2.85. The molecular weight excluding hydrogens is 273 g/mol. The third kappa shape index (κ3) is 4.82. The average Bonchev–Trinajstić information content (AvgIpc) is 2.20. The van der Waals surface area contributed by atoms with Gasteiger partial charge < -0.3 is 5.32 Å². The van der Waals surface area contributed by atoms with Crippen LogP contribution in [0.2, 0.25) is 29.7 Å². The van der Waals surface area contributed by atoms with Crippen molar-refractivity contribution in [1.29, 1.82) is 0 Å². The van der Waals surface area contributed by atoms with Gasteiger partial charge in [-0.15, -0.1) is 5.54 Å². The first-order valence-electron chi connectivity index (χ1n) is 5.08. The second-order valence-electron chi connectivity index (χ2n) is 4.55. The van der Waals surface area contributed by atoms with Gasteiger partial charge in [-0.2, -0.15) is 0 Å². The summed E-state index contributed by atoms with van der Waals surface area (Å²) in [6, 6.07) is 5.04. The summed E-state index contributed by atoms with van der Waals surface area (Å²) in [7, 11) is -1.55. The molecule has 0 fully saturated rings. The van der Waals surface area contributed by atoms with E-state index in [1.165, 1.54) is 0 Å². The van der Waals surface area contributed by atoms with Gasteiger partial charge in [0.1, 0.15) is 8.07 Å². The molecule has 0 saturated carbocycles. The van der Waals surface area contributed by atoms with Gasteiger partial charge in [-0.05, 0) is 18.1 Å². The summed E-state index contributed by atoms with van der Waals surface area (Å²) < 4.78 is 0. The standard InChI is InChI=1S/C12H13Cl2NOSi/c1-17(2,3)8-7-11(16)15-12-9(13)5-4-6-10(12)14/h4-6H,1-3H3,(H,15,16). The minimum Gasteiger partial charge on any atom is -0.313 e. The molecule has 0 bridgehead atoms. The Morgan fingerprint density at radius 1 is 1.24 bits per heavy atom. The fourth-order valence-corrected chi connectivity index (χ4v) is 1.99. The molecule has 1 aromatic rings. The normalized spacial score (nSPS) is 10.4. The van der Waals surface area contributed by atoms with Gasteiger partial charge in [0, 0.05) is 0 Å². The minimum absolute atomic E-state index is 0.387. The van der Waals surface area contributed by atoms with E-state index in [1.54, 1.807) is 18.2 Å². The van der Waals surface area contributed by atoms with Crippen LogP contribution < -0.4 is 5.32 Å². The molecule has 1 amide bonds. The van der Waals surface area contributed by atoms with Crippen molar-refractivity contribution < 1.29 is 4.79 Å². The molecule has 0 radical (unpaired) electrons. The monoisotopic (exact) mass is 285 g/mol. The first kappa shape index (κ1) is 14.1. The second-order valence-corrected chi connectivity index (χ2v) is 10.1. The Morgan fingerprint density at radius 2 is 1.76 bits per heavy atom. The van der Waals surface area contributed by atoms with E-state index in [9.17, 15) is 4.79 Å². The smallest absolute Gasteiger partial charge is 0.299 e. The SMILES string of the molecule is C[Si](C)(C)C#CC(=O)Nc1c(Cl)cccc1Cl. The van der Waals surface area contributed by atoms with E-state index in [4.69, 9.17) is 23.2 Å². The fourth-order valence-electron chi connectivity index (χ4n) is 1.01. The van der Waals surface area contributed by atoms with Gasteiger partial charge in [-0.3, -0.25) is 4.79 Å². The molecule has 0 aliphatic carbocycles. The zero-order valence-electron chi connectivity index (χ0n) is 9.90. The van der Waals surface area contributed by atoms with Crippen molar-refractivity contribution in [3.63, 3.8) is 0 Å². The van der Waals surface area contributed by atoms with E-state index in [-0.39, 0.29) is 5.91 Å². The third-order valence-corrected chi connectivity index (χ3v) is 3.26. The number of carbonyl (C=O) groups is 1. The molecule has 0 aliphatic heterocycles. The number of para-hydroxylation sites is 1. The van der Waals surface area contributed by atoms with Crippen LogP contribution in [0.15, 0.2) is 18.2 Å². The number of halogens is 2. The molecule has 1 rings (SSSR count). The predicted molar refractivity (Wildman–Crippen MR) is 76.2 cm³/mol. The Labute approximate surface area is 112 Å². The van der Waals surface area contributed by atoms with Crippen LogP contribution >= 0.6 is 23.2 Å². The Bertz CT molecular complexity index is 477. The van der Waals surface area contributed by atoms with Gasteiger partial charge in [0.15, 0.2) is 0 Å². The van der Waals surface area contributed by atoms with Crippen LogP contribution in [0.5, 0.6) is 0 Å². The molecule has 0 spiro atoms. The van der Waals surface area contributed by atoms with E-state index in [2.05, 4.69) is 36.4 Å². The van der Waals surface area contributed by atoms with Gasteiger partial charge in [0.2, 0.25) is 0 Å². The quantitative estimate of drug-likeness (QED) is 0.617. The first-order chi connectivity index (χ1) is 7.79. The number of hydrogen-bond acceptors (Lipinski definition) is 1. The van der Waals surface area contributed by atoms with Crippen molar-refractivity contribution in [2.24, 2.45) is 0 Å². The topological polar surface area (TPSA) is 29.1 Å². The lowest BCUT2D eigenvalue weighted by atomic mass is 10.3. The molecule has 0 aromatic heterocycles. The molecule has 90 valence electrons. The van der Waals surface area contributed by atoms with Crippen LogP contribution in [0.4, 0.5) is 5.69 Å². The van der Waals surface area contributed by atoms with Gasteiger partial charge in [0.05, 0.1) is 15.7 Å². The van der Waals surface area contributed by atoms with Crippen LogP contribution in [0.25, 0.3) is 0 Å². The zero-order chi connectivity index (χ0) is 13.1. The molecule has 17 heavy (non-hydrogen) atoms. The summed E-state index contributed by atoms with van der Waals surface area (Å²) in [4.78, 5) is 11.6. The number of benzene rings is 1. The summed E-state index contributed by atoms with van der Waals surface area (Å²) in [6.07, 6.45) is 0. The number of nitrogens with one attached hydrogen (secondary N) is 1. The van der Waals surface area contributed by atoms with Crippen molar-refractivity contribution in [3.8, 4) is 11.5 Å². The highest BCUT2D eigenvalue weighted by atomic mass is 35.5. The molecular formula is C12H13Cl2NOSi. The van der Waals surface area contributed by atoms with E-state index in [0.717, 1.165) is 0 Å². The van der Waals surface area contributed by atoms with Crippen LogP contribution in [0, 0.1) is 11.5 Å². The lowest BCUT2D eigenvalue weighted by Crippen LogP contribution is -2.18. The molecule has 1 aromatic carbocycles. The van der Waals surface area contributed by atoms with Gasteiger partial charge in [0.25, 0.3) is 5.91 Å². The van der Waals surface area contributed by atoms with Crippen LogP contribution in [-0.4, -0.2) is 14.0 Å². The number of carbonyl (C=O) groups excluding carboxylic acids is 1. The summed E-state index contributed by atoms with van der Waals surface area (Å²) in [6.45, 7) is 6.20. The Hall–Kier alpha value is -0.953. The molecule has 2 nitrogen and oxygen atoms in total. The minimum atomic E-state index is -1.55. The van der Waals surface area contributed by atoms with Crippen LogP contribution in [0.3, 0.4) is 0 Å². The Kier molecular flexibility index (Phi) is 4.64. The number of rotatable bonds is 1. The van der Waals surface area contributed by atoms with Crippen LogP contribution in [0.1, 0.15) is 0 Å². The molecule has 5 heteroatoms. The maximum absolute atomic E-state index is 11.6. The third-order valence-electron chi connectivity index (χ3n) is 1.75. The van der Waals surface area contributed by atoms with Gasteiger partial charge in [-0.25, -0.2) is 0 Å².